The number of nitrogens with one attached hydrogen (secondary N) is 1. The summed E-state index contributed by atoms with van der Waals surface area (Å²) < 4.78 is 11.4. The van der Waals surface area contributed by atoms with Crippen LogP contribution in [-0.4, -0.2) is 40.8 Å². The Morgan fingerprint density at radius 1 is 1.35 bits per heavy atom. The molecule has 0 unspecified atom stereocenters. The third kappa shape index (κ3) is 4.29. The summed E-state index contributed by atoms with van der Waals surface area (Å²) in [6, 6.07) is 5.38. The molecule has 5 nitrogen and oxygen atoms in total. The normalized spacial score (nSPS) is 17.2. The SMILES string of the molecule is CC1CCN(C(=S)SCC(=O)Nc2ccc3c(c2)OCO3)CC1. The number of anilines is 1. The second-order valence-electron chi connectivity index (χ2n) is 5.84. The lowest BCUT2D eigenvalue weighted by molar-refractivity contribution is -0.113. The quantitative estimate of drug-likeness (QED) is 0.844. The van der Waals surface area contributed by atoms with Crippen LogP contribution in [0, 0.1) is 5.92 Å². The summed E-state index contributed by atoms with van der Waals surface area (Å²) in [7, 11) is 0. The Labute approximate surface area is 145 Å². The number of hydrogen-bond donors (Lipinski definition) is 1. The first-order valence-corrected chi connectivity index (χ1v) is 9.12. The van der Waals surface area contributed by atoms with E-state index in [4.69, 9.17) is 21.7 Å². The highest BCUT2D eigenvalue weighted by Crippen LogP contribution is 2.34. The molecule has 23 heavy (non-hydrogen) atoms. The summed E-state index contributed by atoms with van der Waals surface area (Å²) in [4.78, 5) is 14.3. The van der Waals surface area contributed by atoms with E-state index in [1.165, 1.54) is 24.6 Å². The van der Waals surface area contributed by atoms with Crippen LogP contribution in [0.2, 0.25) is 0 Å². The molecule has 1 fully saturated rings. The number of likely N-dealkylation sites (tertiary alicyclic amines) is 1. The minimum absolute atomic E-state index is 0.0680. The Morgan fingerprint density at radius 2 is 2.09 bits per heavy atom. The third-order valence-corrected chi connectivity index (χ3v) is 5.55. The van der Waals surface area contributed by atoms with Crippen LogP contribution >= 0.6 is 24.0 Å². The molecule has 2 aliphatic heterocycles. The van der Waals surface area contributed by atoms with Gasteiger partial charge in [0.15, 0.2) is 11.5 Å². The average Bonchev–Trinajstić information content (AvgIpc) is 3.01. The van der Waals surface area contributed by atoms with Gasteiger partial charge in [-0.25, -0.2) is 0 Å². The van der Waals surface area contributed by atoms with E-state index in [0.29, 0.717) is 22.9 Å². The molecule has 2 aliphatic rings. The van der Waals surface area contributed by atoms with Crippen LogP contribution in [0.5, 0.6) is 11.5 Å². The van der Waals surface area contributed by atoms with Crippen LogP contribution < -0.4 is 14.8 Å². The van der Waals surface area contributed by atoms with E-state index in [2.05, 4.69) is 17.1 Å². The number of amides is 1. The highest BCUT2D eigenvalue weighted by molar-refractivity contribution is 8.23. The van der Waals surface area contributed by atoms with E-state index in [-0.39, 0.29) is 12.7 Å². The van der Waals surface area contributed by atoms with E-state index in [1.807, 2.05) is 0 Å². The fraction of sp³-hybridized carbons (Fsp3) is 0.500. The van der Waals surface area contributed by atoms with Gasteiger partial charge in [0, 0.05) is 24.8 Å². The molecule has 1 aromatic rings. The van der Waals surface area contributed by atoms with Gasteiger partial charge in [0.2, 0.25) is 12.7 Å². The highest BCUT2D eigenvalue weighted by atomic mass is 32.2. The molecule has 1 N–H and O–H groups in total. The van der Waals surface area contributed by atoms with Crippen LogP contribution in [0.15, 0.2) is 18.2 Å². The Balaban J connectivity index is 1.45. The van der Waals surface area contributed by atoms with E-state index in [1.54, 1.807) is 18.2 Å². The molecule has 7 heteroatoms. The molecule has 3 rings (SSSR count). The smallest absolute Gasteiger partial charge is 0.234 e. The van der Waals surface area contributed by atoms with E-state index in [0.717, 1.165) is 23.3 Å². The van der Waals surface area contributed by atoms with Crippen molar-refractivity contribution in [1.29, 1.82) is 0 Å². The van der Waals surface area contributed by atoms with Crippen molar-refractivity contribution in [3.63, 3.8) is 0 Å². The molecule has 0 saturated carbocycles. The number of ether oxygens (including phenoxy) is 2. The predicted molar refractivity (Wildman–Crippen MR) is 96.2 cm³/mol. The van der Waals surface area contributed by atoms with Crippen molar-refractivity contribution in [2.75, 3.05) is 31.0 Å². The lowest BCUT2D eigenvalue weighted by atomic mass is 10.00. The van der Waals surface area contributed by atoms with Gasteiger partial charge in [0.25, 0.3) is 0 Å². The maximum atomic E-state index is 12.1. The Bertz CT molecular complexity index is 601. The number of carbonyl (C=O) groups excluding carboxylic acids is 1. The Kier molecular flexibility index (Phi) is 5.27. The largest absolute Gasteiger partial charge is 0.454 e. The van der Waals surface area contributed by atoms with Gasteiger partial charge in [-0.3, -0.25) is 4.79 Å². The zero-order chi connectivity index (χ0) is 16.2. The van der Waals surface area contributed by atoms with Crippen LogP contribution in [0.25, 0.3) is 0 Å². The Hall–Kier alpha value is -1.47. The van der Waals surface area contributed by atoms with E-state index in [9.17, 15) is 4.79 Å². The first kappa shape index (κ1) is 16.4. The standard InChI is InChI=1S/C16H20N2O3S2/c1-11-4-6-18(7-5-11)16(22)23-9-15(19)17-12-2-3-13-14(8-12)21-10-20-13/h2-3,8,11H,4-7,9-10H2,1H3,(H,17,19). The van der Waals surface area contributed by atoms with Crippen LogP contribution in [0.4, 0.5) is 5.69 Å². The number of thiocarbonyl (C=S) groups is 1. The third-order valence-electron chi connectivity index (χ3n) is 4.02. The molecule has 0 bridgehead atoms. The highest BCUT2D eigenvalue weighted by Gasteiger charge is 2.19. The van der Waals surface area contributed by atoms with Crippen molar-refractivity contribution < 1.29 is 14.3 Å². The van der Waals surface area contributed by atoms with Gasteiger partial charge >= 0.3 is 0 Å². The summed E-state index contributed by atoms with van der Waals surface area (Å²) in [5, 5.41) is 2.86. The molecule has 0 aliphatic carbocycles. The molecule has 0 atom stereocenters. The van der Waals surface area contributed by atoms with Crippen molar-refractivity contribution in [1.82, 2.24) is 4.90 Å². The topological polar surface area (TPSA) is 50.8 Å². The zero-order valence-electron chi connectivity index (χ0n) is 13.0. The number of nitrogens with zero attached hydrogens (tertiary/aromatic N) is 1. The van der Waals surface area contributed by atoms with Crippen LogP contribution in [0.3, 0.4) is 0 Å². The van der Waals surface area contributed by atoms with Crippen molar-refractivity contribution in [3.8, 4) is 11.5 Å². The van der Waals surface area contributed by atoms with Crippen molar-refractivity contribution in [2.24, 2.45) is 5.92 Å². The van der Waals surface area contributed by atoms with Crippen molar-refractivity contribution >= 4 is 39.9 Å². The summed E-state index contributed by atoms with van der Waals surface area (Å²) in [6.07, 6.45) is 2.34. The van der Waals surface area contributed by atoms with Gasteiger partial charge in [-0.2, -0.15) is 0 Å². The lowest BCUT2D eigenvalue weighted by Gasteiger charge is -2.31. The molecule has 2 heterocycles. The van der Waals surface area contributed by atoms with E-state index < -0.39 is 0 Å². The van der Waals surface area contributed by atoms with Crippen molar-refractivity contribution in [3.05, 3.63) is 18.2 Å². The number of piperidine rings is 1. The number of hydrogen-bond acceptors (Lipinski definition) is 5. The molecule has 1 aromatic carbocycles. The average molecular weight is 352 g/mol. The van der Waals surface area contributed by atoms with Crippen molar-refractivity contribution in [2.45, 2.75) is 19.8 Å². The monoisotopic (exact) mass is 352 g/mol. The van der Waals surface area contributed by atoms with Gasteiger partial charge in [0.1, 0.15) is 4.32 Å². The fourth-order valence-corrected chi connectivity index (χ4v) is 3.63. The summed E-state index contributed by atoms with van der Waals surface area (Å²) in [5.41, 5.74) is 0.706. The number of rotatable bonds is 3. The van der Waals surface area contributed by atoms with Gasteiger partial charge in [-0.1, -0.05) is 30.9 Å². The van der Waals surface area contributed by atoms with Gasteiger partial charge in [-0.15, -0.1) is 0 Å². The predicted octanol–water partition coefficient (Wildman–Crippen LogP) is 3.10. The minimum Gasteiger partial charge on any atom is -0.454 e. The molecular formula is C16H20N2O3S2. The minimum atomic E-state index is -0.0680. The molecule has 0 aromatic heterocycles. The first-order chi connectivity index (χ1) is 11.1. The fourth-order valence-electron chi connectivity index (χ4n) is 2.58. The maximum absolute atomic E-state index is 12.1. The lowest BCUT2D eigenvalue weighted by Crippen LogP contribution is -2.36. The molecule has 0 radical (unpaired) electrons. The van der Waals surface area contributed by atoms with Crippen LogP contribution in [0.1, 0.15) is 19.8 Å². The zero-order valence-corrected chi connectivity index (χ0v) is 14.7. The second kappa shape index (κ2) is 7.40. The molecule has 1 amide bonds. The second-order valence-corrected chi connectivity index (χ2v) is 7.45. The number of benzene rings is 1. The number of carbonyl (C=O) groups is 1. The van der Waals surface area contributed by atoms with Gasteiger partial charge in [-0.05, 0) is 30.9 Å². The van der Waals surface area contributed by atoms with Gasteiger partial charge < -0.3 is 19.7 Å². The number of fused-ring (bicyclic) bond motifs is 1. The first-order valence-electron chi connectivity index (χ1n) is 7.73. The molecular weight excluding hydrogens is 332 g/mol. The van der Waals surface area contributed by atoms with E-state index >= 15 is 0 Å². The molecule has 1 saturated heterocycles. The maximum Gasteiger partial charge on any atom is 0.234 e. The molecule has 124 valence electrons. The van der Waals surface area contributed by atoms with Gasteiger partial charge in [0.05, 0.1) is 5.75 Å². The summed E-state index contributed by atoms with van der Waals surface area (Å²) in [6.45, 7) is 4.49. The summed E-state index contributed by atoms with van der Waals surface area (Å²) >= 11 is 6.86. The number of thioether (sulfide) groups is 1. The summed E-state index contributed by atoms with van der Waals surface area (Å²) in [5.74, 6) is 2.39. The Morgan fingerprint density at radius 3 is 2.87 bits per heavy atom. The molecule has 0 spiro atoms. The van der Waals surface area contributed by atoms with Crippen LogP contribution in [-0.2, 0) is 4.79 Å².